The summed E-state index contributed by atoms with van der Waals surface area (Å²) in [6.07, 6.45) is 0.00793. The van der Waals surface area contributed by atoms with Crippen LogP contribution in [0.2, 0.25) is 5.02 Å². The summed E-state index contributed by atoms with van der Waals surface area (Å²) < 4.78 is 125. The second-order valence-corrected chi connectivity index (χ2v) is 16.8. The molecule has 0 aliphatic heterocycles. The minimum absolute atomic E-state index is 0.0342. The van der Waals surface area contributed by atoms with Gasteiger partial charge in [0.15, 0.2) is 5.82 Å². The predicted octanol–water partition coefficient (Wildman–Crippen LogP) is 7.72. The molecule has 2 aliphatic carbocycles. The van der Waals surface area contributed by atoms with E-state index in [1.165, 1.54) is 10.7 Å². The van der Waals surface area contributed by atoms with Gasteiger partial charge in [0.1, 0.15) is 41.9 Å². The first-order valence-corrected chi connectivity index (χ1v) is 20.4. The van der Waals surface area contributed by atoms with Crippen molar-refractivity contribution in [1.82, 2.24) is 34.4 Å². The van der Waals surface area contributed by atoms with Crippen molar-refractivity contribution in [3.05, 3.63) is 93.5 Å². The lowest BCUT2D eigenvalue weighted by Crippen LogP contribution is -2.35. The summed E-state index contributed by atoms with van der Waals surface area (Å²) in [6.45, 7) is 1.59. The lowest BCUT2D eigenvalue weighted by Gasteiger charge is -2.23. The molecule has 4 heterocycles. The monoisotopic (exact) mass is 848 g/mol. The van der Waals surface area contributed by atoms with E-state index in [0.29, 0.717) is 45.0 Å². The zero-order valence-electron chi connectivity index (χ0n) is 31.0. The highest BCUT2D eigenvalue weighted by Gasteiger charge is 2.67. The van der Waals surface area contributed by atoms with Crippen LogP contribution >= 0.6 is 11.6 Å². The van der Waals surface area contributed by atoms with Crippen molar-refractivity contribution < 1.29 is 44.3 Å². The standard InChI is InChI=1S/C38H35ClF6N8O4S/c1-4-9-57-17-52-8-7-19-13-23(22-5-6-26(39)30-33(22)51(2)49-36(30)50-58(3,55)56)31(47-37(19)52)27(12-18-10-20(40)14-21(41)11-18)46-28(54)16-53-34-29(32(48-53)35(42)43)24-15-25(24)38(34,44)45/h5-8,10-11,13-14,24-25,27,35H,4,9,12,15-17H2,1-3H3,(H,46,54)(H,49,50)/t24-,25+,27?/m0/s1. The minimum Gasteiger partial charge on any atom is -0.361 e. The third kappa shape index (κ3) is 7.16. The van der Waals surface area contributed by atoms with Gasteiger partial charge < -0.3 is 14.6 Å². The number of rotatable bonds is 14. The Balaban J connectivity index is 1.30. The largest absolute Gasteiger partial charge is 0.361 e. The van der Waals surface area contributed by atoms with E-state index in [9.17, 15) is 30.8 Å². The Bertz CT molecular complexity index is 2720. The van der Waals surface area contributed by atoms with Crippen molar-refractivity contribution in [3.63, 3.8) is 0 Å². The molecule has 0 saturated heterocycles. The quantitative estimate of drug-likeness (QED) is 0.0846. The smallest absolute Gasteiger partial charge is 0.293 e. The summed E-state index contributed by atoms with van der Waals surface area (Å²) in [4.78, 5) is 19.1. The first-order chi connectivity index (χ1) is 27.4. The van der Waals surface area contributed by atoms with E-state index < -0.39 is 75.7 Å². The number of nitrogens with one attached hydrogen (secondary N) is 2. The van der Waals surface area contributed by atoms with E-state index >= 15 is 8.78 Å². The van der Waals surface area contributed by atoms with Crippen LogP contribution in [0, 0.1) is 17.6 Å². The maximum absolute atomic E-state index is 15.5. The molecule has 8 rings (SSSR count). The van der Waals surface area contributed by atoms with Gasteiger partial charge in [0.2, 0.25) is 15.9 Å². The number of halogens is 7. The van der Waals surface area contributed by atoms with E-state index in [0.717, 1.165) is 24.8 Å². The van der Waals surface area contributed by atoms with Crippen LogP contribution in [0.3, 0.4) is 0 Å². The second kappa shape index (κ2) is 14.6. The van der Waals surface area contributed by atoms with Gasteiger partial charge in [-0.15, -0.1) is 0 Å². The molecule has 0 spiro atoms. The van der Waals surface area contributed by atoms with Gasteiger partial charge in [0.05, 0.1) is 33.9 Å². The van der Waals surface area contributed by atoms with Crippen LogP contribution in [0.25, 0.3) is 33.1 Å². The van der Waals surface area contributed by atoms with Gasteiger partial charge in [-0.25, -0.2) is 31.0 Å². The highest BCUT2D eigenvalue weighted by molar-refractivity contribution is 7.92. The first-order valence-electron chi connectivity index (χ1n) is 18.2. The average molecular weight is 849 g/mol. The number of pyridine rings is 1. The number of benzene rings is 2. The van der Waals surface area contributed by atoms with E-state index in [1.54, 1.807) is 36.0 Å². The van der Waals surface area contributed by atoms with Gasteiger partial charge in [-0.3, -0.25) is 18.9 Å². The Kier molecular flexibility index (Phi) is 9.99. The molecule has 4 aromatic heterocycles. The molecule has 58 heavy (non-hydrogen) atoms. The molecule has 1 fully saturated rings. The fraction of sp³-hybridized carbons (Fsp3) is 0.368. The number of aryl methyl sites for hydroxylation is 1. The lowest BCUT2D eigenvalue weighted by atomic mass is 9.93. The topological polar surface area (TPSA) is 138 Å². The number of alkyl halides is 4. The van der Waals surface area contributed by atoms with Crippen LogP contribution in [0.15, 0.2) is 48.7 Å². The molecule has 2 aliphatic rings. The van der Waals surface area contributed by atoms with E-state index in [1.807, 2.05) is 6.92 Å². The molecular formula is C38H35ClF6N8O4S. The first kappa shape index (κ1) is 39.7. The Labute approximate surface area is 332 Å². The molecule has 2 aromatic carbocycles. The summed E-state index contributed by atoms with van der Waals surface area (Å²) >= 11 is 6.64. The summed E-state index contributed by atoms with van der Waals surface area (Å²) in [5.74, 6) is -8.23. The molecule has 0 radical (unpaired) electrons. The van der Waals surface area contributed by atoms with Gasteiger partial charge in [0, 0.05) is 53.9 Å². The summed E-state index contributed by atoms with van der Waals surface area (Å²) in [5.41, 5.74) is -0.0503. The number of hydrogen-bond donors (Lipinski definition) is 2. The molecule has 0 bridgehead atoms. The van der Waals surface area contributed by atoms with Crippen LogP contribution in [0.5, 0.6) is 0 Å². The molecule has 1 saturated carbocycles. The second-order valence-electron chi connectivity index (χ2n) is 14.6. The van der Waals surface area contributed by atoms with E-state index in [2.05, 4.69) is 20.2 Å². The summed E-state index contributed by atoms with van der Waals surface area (Å²) in [5, 5.41) is 11.9. The molecule has 6 aromatic rings. The molecule has 12 nitrogen and oxygen atoms in total. The number of carbonyl (C=O) groups excluding carboxylic acids is 1. The summed E-state index contributed by atoms with van der Waals surface area (Å²) in [7, 11) is -2.26. The van der Waals surface area contributed by atoms with Crippen LogP contribution in [0.1, 0.15) is 66.4 Å². The number of ether oxygens (including phenoxy) is 1. The third-order valence-electron chi connectivity index (χ3n) is 10.3. The number of fused-ring (bicyclic) bond motifs is 5. The number of hydrogen-bond acceptors (Lipinski definition) is 7. The zero-order chi connectivity index (χ0) is 41.4. The number of amides is 1. The highest BCUT2D eigenvalue weighted by Crippen LogP contribution is 2.68. The minimum atomic E-state index is -3.82. The van der Waals surface area contributed by atoms with Gasteiger partial charge >= 0.3 is 0 Å². The molecule has 20 heteroatoms. The van der Waals surface area contributed by atoms with Crippen LogP contribution < -0.4 is 10.0 Å². The van der Waals surface area contributed by atoms with E-state index in [-0.39, 0.29) is 52.6 Å². The maximum Gasteiger partial charge on any atom is 0.293 e. The maximum atomic E-state index is 15.5. The number of sulfonamides is 1. The van der Waals surface area contributed by atoms with Crippen molar-refractivity contribution in [2.24, 2.45) is 13.0 Å². The number of carbonyl (C=O) groups is 1. The Morgan fingerprint density at radius 1 is 1.07 bits per heavy atom. The zero-order valence-corrected chi connectivity index (χ0v) is 32.6. The fourth-order valence-corrected chi connectivity index (χ4v) is 8.73. The van der Waals surface area contributed by atoms with Crippen LogP contribution in [-0.4, -0.2) is 56.3 Å². The summed E-state index contributed by atoms with van der Waals surface area (Å²) in [6, 6.07) is 8.23. The molecule has 1 amide bonds. The molecule has 306 valence electrons. The predicted molar refractivity (Wildman–Crippen MR) is 202 cm³/mol. The molecule has 1 unspecified atom stereocenters. The van der Waals surface area contributed by atoms with Gasteiger partial charge in [-0.05, 0) is 61.1 Å². The normalized spacial score (nSPS) is 17.6. The van der Waals surface area contributed by atoms with Gasteiger partial charge in [0.25, 0.3) is 12.3 Å². The van der Waals surface area contributed by atoms with Gasteiger partial charge in [-0.2, -0.15) is 19.0 Å². The Morgan fingerprint density at radius 2 is 1.81 bits per heavy atom. The van der Waals surface area contributed by atoms with E-state index in [4.69, 9.17) is 21.3 Å². The van der Waals surface area contributed by atoms with Crippen molar-refractivity contribution in [2.45, 2.75) is 63.8 Å². The third-order valence-corrected chi connectivity index (χ3v) is 11.2. The van der Waals surface area contributed by atoms with Crippen molar-refractivity contribution in [3.8, 4) is 11.1 Å². The van der Waals surface area contributed by atoms with Crippen LogP contribution in [-0.2, 0) is 52.2 Å². The molecule has 3 atom stereocenters. The SMILES string of the molecule is CCCOCn1ccc2cc(-c3ccc(Cl)c4c(NS(C)(=O)=O)nn(C)c34)c(C(Cc3cc(F)cc(F)c3)NC(=O)Cn3nc(C(F)F)c4c3C(F)(F)[C@@H]3C[C@H]43)nc21. The number of aromatic nitrogens is 6. The molecule has 2 N–H and O–H groups in total. The Hall–Kier alpha value is -5.14. The number of anilines is 1. The lowest BCUT2D eigenvalue weighted by molar-refractivity contribution is -0.123. The average Bonchev–Trinajstić information content (AvgIpc) is 3.42. The Morgan fingerprint density at radius 3 is 2.50 bits per heavy atom. The fourth-order valence-electron chi connectivity index (χ4n) is 8.00. The van der Waals surface area contributed by atoms with Crippen molar-refractivity contribution >= 4 is 55.3 Å². The van der Waals surface area contributed by atoms with Gasteiger partial charge in [-0.1, -0.05) is 24.6 Å². The number of nitrogens with zero attached hydrogens (tertiary/aromatic N) is 6. The molecular weight excluding hydrogens is 814 g/mol. The van der Waals surface area contributed by atoms with Crippen LogP contribution in [0.4, 0.5) is 32.2 Å². The van der Waals surface area contributed by atoms with Crippen molar-refractivity contribution in [2.75, 3.05) is 17.6 Å². The van der Waals surface area contributed by atoms with Crippen molar-refractivity contribution in [1.29, 1.82) is 0 Å². The highest BCUT2D eigenvalue weighted by atomic mass is 35.5.